The van der Waals surface area contributed by atoms with Crippen molar-refractivity contribution in [3.8, 4) is 10.8 Å². The van der Waals surface area contributed by atoms with Crippen LogP contribution in [0.4, 0.5) is 0 Å². The number of nitrogens with zero attached hydrogens (tertiary/aromatic N) is 3. The van der Waals surface area contributed by atoms with Crippen LogP contribution in [-0.4, -0.2) is 45.9 Å². The van der Waals surface area contributed by atoms with E-state index in [1.165, 1.54) is 16.2 Å². The molecule has 0 unspecified atom stereocenters. The van der Waals surface area contributed by atoms with Gasteiger partial charge in [-0.05, 0) is 24.8 Å². The van der Waals surface area contributed by atoms with Gasteiger partial charge in [0, 0.05) is 18.5 Å². The smallest absolute Gasteiger partial charge is 0.306 e. The van der Waals surface area contributed by atoms with E-state index in [9.17, 15) is 14.4 Å². The van der Waals surface area contributed by atoms with Gasteiger partial charge in [0.25, 0.3) is 11.8 Å². The number of aryl methyl sites for hydroxylation is 1. The Morgan fingerprint density at radius 3 is 2.56 bits per heavy atom. The number of hydrogen-bond donors (Lipinski definition) is 0. The third-order valence-corrected chi connectivity index (χ3v) is 5.52. The minimum absolute atomic E-state index is 0.0300. The summed E-state index contributed by atoms with van der Waals surface area (Å²) in [5, 5.41) is 9.93. The molecule has 3 aromatic rings. The first kappa shape index (κ1) is 23.3. The first-order valence-electron chi connectivity index (χ1n) is 10.4. The number of carbonyl (C=O) groups excluding carboxylic acids is 3. The highest BCUT2D eigenvalue weighted by molar-refractivity contribution is 7.13. The van der Waals surface area contributed by atoms with E-state index < -0.39 is 12.6 Å². The van der Waals surface area contributed by atoms with Crippen molar-refractivity contribution >= 4 is 29.0 Å². The summed E-state index contributed by atoms with van der Waals surface area (Å²) in [7, 11) is 0. The van der Waals surface area contributed by atoms with Gasteiger partial charge in [-0.2, -0.15) is 0 Å². The first-order chi connectivity index (χ1) is 15.5. The Balaban J connectivity index is 1.47. The number of esters is 1. The highest BCUT2D eigenvalue weighted by atomic mass is 32.1. The third kappa shape index (κ3) is 6.58. The fraction of sp³-hybridized carbons (Fsp3) is 0.348. The van der Waals surface area contributed by atoms with Crippen LogP contribution in [0.5, 0.6) is 0 Å². The highest BCUT2D eigenvalue weighted by Gasteiger charge is 2.19. The second-order valence-electron chi connectivity index (χ2n) is 7.24. The lowest BCUT2D eigenvalue weighted by atomic mass is 10.1. The summed E-state index contributed by atoms with van der Waals surface area (Å²) in [6, 6.07) is 10.9. The Kier molecular flexibility index (Phi) is 8.27. The number of hydrogen-bond acceptors (Lipinski definition) is 8. The molecule has 9 heteroatoms. The normalized spacial score (nSPS) is 10.7. The maximum absolute atomic E-state index is 12.6. The minimum atomic E-state index is -0.590. The molecule has 1 amide bonds. The molecule has 0 saturated heterocycles. The summed E-state index contributed by atoms with van der Waals surface area (Å²) in [4.78, 5) is 39.1. The topological polar surface area (TPSA) is 103 Å². The van der Waals surface area contributed by atoms with Crippen LogP contribution in [0.15, 0.2) is 46.2 Å². The third-order valence-electron chi connectivity index (χ3n) is 4.66. The van der Waals surface area contributed by atoms with E-state index in [2.05, 4.69) is 10.2 Å². The maximum atomic E-state index is 12.6. The molecule has 3 rings (SSSR count). The predicted octanol–water partition coefficient (Wildman–Crippen LogP) is 4.05. The lowest BCUT2D eigenvalue weighted by Crippen LogP contribution is -2.35. The molecule has 0 saturated carbocycles. The molecule has 0 spiro atoms. The molecule has 1 aromatic carbocycles. The number of thiophene rings is 1. The molecule has 168 valence electrons. The van der Waals surface area contributed by atoms with Crippen LogP contribution in [0.3, 0.4) is 0 Å². The van der Waals surface area contributed by atoms with Gasteiger partial charge >= 0.3 is 5.97 Å². The number of Topliss-reactive ketones (excluding diaryl/α,β-unsaturated/α-hetero) is 1. The zero-order valence-corrected chi connectivity index (χ0v) is 18.9. The van der Waals surface area contributed by atoms with Gasteiger partial charge in [0.05, 0.1) is 17.8 Å². The molecule has 0 aliphatic carbocycles. The quantitative estimate of drug-likeness (QED) is 0.317. The molecule has 0 radical (unpaired) electrons. The van der Waals surface area contributed by atoms with E-state index in [4.69, 9.17) is 9.15 Å². The van der Waals surface area contributed by atoms with Gasteiger partial charge in [0.2, 0.25) is 5.89 Å². The lowest BCUT2D eigenvalue weighted by molar-refractivity contribution is -0.152. The van der Waals surface area contributed by atoms with Gasteiger partial charge in [-0.15, -0.1) is 21.5 Å². The molecular formula is C23H25N3O5S. The van der Waals surface area contributed by atoms with Gasteiger partial charge in [-0.3, -0.25) is 14.4 Å². The zero-order chi connectivity index (χ0) is 22.9. The van der Waals surface area contributed by atoms with Gasteiger partial charge in [0.1, 0.15) is 0 Å². The Bertz CT molecular complexity index is 1040. The molecule has 0 aliphatic rings. The van der Waals surface area contributed by atoms with E-state index in [-0.39, 0.29) is 31.1 Å². The van der Waals surface area contributed by atoms with Gasteiger partial charge < -0.3 is 14.1 Å². The summed E-state index contributed by atoms with van der Waals surface area (Å²) in [6.45, 7) is 4.07. The molecule has 0 bridgehead atoms. The van der Waals surface area contributed by atoms with Crippen molar-refractivity contribution in [3.05, 3.63) is 58.8 Å². The van der Waals surface area contributed by atoms with Crippen molar-refractivity contribution in [1.82, 2.24) is 15.1 Å². The van der Waals surface area contributed by atoms with Crippen LogP contribution in [-0.2, 0) is 20.9 Å². The fourth-order valence-corrected chi connectivity index (χ4v) is 3.59. The highest BCUT2D eigenvalue weighted by Crippen LogP contribution is 2.23. The van der Waals surface area contributed by atoms with Crippen molar-refractivity contribution in [1.29, 1.82) is 0 Å². The number of ether oxygens (including phenoxy) is 1. The van der Waals surface area contributed by atoms with E-state index >= 15 is 0 Å². The number of amides is 1. The second kappa shape index (κ2) is 11.3. The second-order valence-corrected chi connectivity index (χ2v) is 8.19. The Hall–Kier alpha value is -3.33. The molecule has 32 heavy (non-hydrogen) atoms. The van der Waals surface area contributed by atoms with Gasteiger partial charge in [-0.25, -0.2) is 0 Å². The predicted molar refractivity (Wildman–Crippen MR) is 119 cm³/mol. The monoisotopic (exact) mass is 455 g/mol. The number of carbonyl (C=O) groups is 3. The van der Waals surface area contributed by atoms with Crippen LogP contribution < -0.4 is 0 Å². The Morgan fingerprint density at radius 2 is 1.88 bits per heavy atom. The van der Waals surface area contributed by atoms with Crippen LogP contribution >= 0.6 is 11.3 Å². The summed E-state index contributed by atoms with van der Waals surface area (Å²) in [5.41, 5.74) is 1.61. The van der Waals surface area contributed by atoms with Crippen molar-refractivity contribution in [2.75, 3.05) is 13.2 Å². The Morgan fingerprint density at radius 1 is 1.09 bits per heavy atom. The van der Waals surface area contributed by atoms with Gasteiger partial charge in [-0.1, -0.05) is 42.8 Å². The van der Waals surface area contributed by atoms with Crippen LogP contribution in [0.25, 0.3) is 10.8 Å². The van der Waals surface area contributed by atoms with Crippen LogP contribution in [0, 0.1) is 6.92 Å². The summed E-state index contributed by atoms with van der Waals surface area (Å²) in [5.74, 6) is -0.374. The molecular weight excluding hydrogens is 430 g/mol. The number of aromatic nitrogens is 2. The Labute approximate surface area is 190 Å². The zero-order valence-electron chi connectivity index (χ0n) is 18.1. The largest absolute Gasteiger partial charge is 0.456 e. The van der Waals surface area contributed by atoms with Crippen LogP contribution in [0.1, 0.15) is 48.0 Å². The SMILES string of the molecule is CCCN(Cc1nnc(-c2cccs2)o1)C(=O)COC(=O)CCC(=O)c1ccc(C)cc1. The summed E-state index contributed by atoms with van der Waals surface area (Å²) >= 11 is 1.48. The molecule has 2 heterocycles. The lowest BCUT2D eigenvalue weighted by Gasteiger charge is -2.20. The van der Waals surface area contributed by atoms with E-state index in [1.807, 2.05) is 43.5 Å². The van der Waals surface area contributed by atoms with Crippen LogP contribution in [0.2, 0.25) is 0 Å². The average Bonchev–Trinajstić information content (AvgIpc) is 3.48. The fourth-order valence-electron chi connectivity index (χ4n) is 2.95. The summed E-state index contributed by atoms with van der Waals surface area (Å²) < 4.78 is 10.7. The summed E-state index contributed by atoms with van der Waals surface area (Å²) in [6.07, 6.45) is 0.667. The average molecular weight is 456 g/mol. The van der Waals surface area contributed by atoms with Crippen molar-refractivity contribution in [2.45, 2.75) is 39.7 Å². The van der Waals surface area contributed by atoms with Crippen molar-refractivity contribution in [3.63, 3.8) is 0 Å². The van der Waals surface area contributed by atoms with E-state index in [0.717, 1.165) is 16.9 Å². The molecule has 2 aromatic heterocycles. The maximum Gasteiger partial charge on any atom is 0.306 e. The van der Waals surface area contributed by atoms with E-state index in [0.29, 0.717) is 23.9 Å². The number of benzene rings is 1. The molecule has 0 fully saturated rings. The minimum Gasteiger partial charge on any atom is -0.456 e. The number of rotatable bonds is 11. The standard InChI is InChI=1S/C23H25N3O5S/c1-3-12-26(14-20-24-25-23(31-20)19-5-4-13-32-19)21(28)15-30-22(29)11-10-18(27)17-8-6-16(2)7-9-17/h4-9,13H,3,10-12,14-15H2,1-2H3. The molecule has 0 atom stereocenters. The first-order valence-corrected chi connectivity index (χ1v) is 11.2. The van der Waals surface area contributed by atoms with E-state index in [1.54, 1.807) is 12.1 Å². The van der Waals surface area contributed by atoms with Gasteiger partial charge in [0.15, 0.2) is 12.4 Å². The molecule has 0 aliphatic heterocycles. The van der Waals surface area contributed by atoms with Crippen molar-refractivity contribution in [2.24, 2.45) is 0 Å². The molecule has 8 nitrogen and oxygen atoms in total. The number of ketones is 1. The van der Waals surface area contributed by atoms with Crippen molar-refractivity contribution < 1.29 is 23.5 Å². The molecule has 0 N–H and O–H groups in total.